The molecule has 0 heterocycles. The van der Waals surface area contributed by atoms with E-state index in [0.29, 0.717) is 18.4 Å². The number of nitrogens with one attached hydrogen (secondary N) is 2. The van der Waals surface area contributed by atoms with Crippen LogP contribution >= 0.6 is 0 Å². The summed E-state index contributed by atoms with van der Waals surface area (Å²) in [6, 6.07) is 2.39. The fourth-order valence-electron chi connectivity index (χ4n) is 2.82. The second-order valence-electron chi connectivity index (χ2n) is 6.02. The van der Waals surface area contributed by atoms with Gasteiger partial charge in [-0.15, -0.1) is 0 Å². The molecule has 0 radical (unpaired) electrons. The highest BCUT2D eigenvalue weighted by molar-refractivity contribution is 5.95. The summed E-state index contributed by atoms with van der Waals surface area (Å²) in [6.45, 7) is 2.18. The van der Waals surface area contributed by atoms with Crippen molar-refractivity contribution < 1.29 is 13.6 Å². The summed E-state index contributed by atoms with van der Waals surface area (Å²) in [6.07, 6.45) is 4.57. The summed E-state index contributed by atoms with van der Waals surface area (Å²) in [5, 5.41) is 5.60. The predicted octanol–water partition coefficient (Wildman–Crippen LogP) is 3.32. The molecule has 2 N–H and O–H groups in total. The fraction of sp³-hybridized carbons (Fsp3) is 0.562. The van der Waals surface area contributed by atoms with Crippen molar-refractivity contribution in [1.82, 2.24) is 5.32 Å². The molecule has 2 aliphatic rings. The van der Waals surface area contributed by atoms with Gasteiger partial charge in [-0.05, 0) is 56.6 Å². The minimum Gasteiger partial charge on any atom is -0.381 e. The van der Waals surface area contributed by atoms with Crippen LogP contribution in [0.2, 0.25) is 0 Å². The Kier molecular flexibility index (Phi) is 3.83. The smallest absolute Gasteiger partial charge is 0.251 e. The van der Waals surface area contributed by atoms with Crippen LogP contribution in [0.15, 0.2) is 12.1 Å². The molecule has 3 nitrogen and oxygen atoms in total. The first kappa shape index (κ1) is 14.3. The van der Waals surface area contributed by atoms with E-state index in [1.54, 1.807) is 6.92 Å². The number of anilines is 1. The van der Waals surface area contributed by atoms with Crippen molar-refractivity contribution >= 4 is 11.6 Å². The zero-order chi connectivity index (χ0) is 15.0. The summed E-state index contributed by atoms with van der Waals surface area (Å²) in [5.74, 6) is -0.721. The lowest BCUT2D eigenvalue weighted by molar-refractivity contribution is 0.0925. The Morgan fingerprint density at radius 3 is 2.14 bits per heavy atom. The van der Waals surface area contributed by atoms with Crippen molar-refractivity contribution in [3.05, 3.63) is 29.3 Å². The fourth-order valence-corrected chi connectivity index (χ4v) is 2.82. The summed E-state index contributed by atoms with van der Waals surface area (Å²) in [7, 11) is 0. The van der Waals surface area contributed by atoms with Crippen molar-refractivity contribution in [2.75, 3.05) is 11.9 Å². The van der Waals surface area contributed by atoms with Crippen molar-refractivity contribution in [1.29, 1.82) is 0 Å². The lowest BCUT2D eigenvalue weighted by Gasteiger charge is -2.18. The molecule has 0 atom stereocenters. The third-order valence-electron chi connectivity index (χ3n) is 4.22. The first-order valence-electron chi connectivity index (χ1n) is 7.64. The Morgan fingerprint density at radius 2 is 1.71 bits per heavy atom. The normalized spacial score (nSPS) is 17.9. The molecule has 3 rings (SSSR count). The van der Waals surface area contributed by atoms with Gasteiger partial charge in [-0.1, -0.05) is 0 Å². The molecule has 0 saturated heterocycles. The monoisotopic (exact) mass is 294 g/mol. The van der Waals surface area contributed by atoms with Gasteiger partial charge in [0, 0.05) is 18.2 Å². The Balaban J connectivity index is 1.74. The zero-order valence-corrected chi connectivity index (χ0v) is 12.1. The van der Waals surface area contributed by atoms with Crippen LogP contribution < -0.4 is 10.6 Å². The number of carbonyl (C=O) groups excluding carboxylic acids is 1. The Labute approximate surface area is 123 Å². The highest BCUT2D eigenvalue weighted by Crippen LogP contribution is 2.44. The Morgan fingerprint density at radius 1 is 1.19 bits per heavy atom. The number of hydrogen-bond acceptors (Lipinski definition) is 2. The van der Waals surface area contributed by atoms with Gasteiger partial charge in [0.2, 0.25) is 0 Å². The third-order valence-corrected chi connectivity index (χ3v) is 4.22. The molecular weight excluding hydrogens is 274 g/mol. The first-order chi connectivity index (χ1) is 10.1. The quantitative estimate of drug-likeness (QED) is 0.845. The van der Waals surface area contributed by atoms with Crippen LogP contribution in [0.3, 0.4) is 0 Å². The summed E-state index contributed by atoms with van der Waals surface area (Å²) in [5.41, 5.74) is -0.118. The summed E-state index contributed by atoms with van der Waals surface area (Å²) >= 11 is 0. The van der Waals surface area contributed by atoms with Gasteiger partial charge in [-0.3, -0.25) is 4.79 Å². The summed E-state index contributed by atoms with van der Waals surface area (Å²) in [4.78, 5) is 12.2. The number of rotatable bonds is 6. The minimum absolute atomic E-state index is 0.0537. The van der Waals surface area contributed by atoms with Crippen LogP contribution in [0.5, 0.6) is 0 Å². The number of benzene rings is 1. The van der Waals surface area contributed by atoms with E-state index in [4.69, 9.17) is 0 Å². The van der Waals surface area contributed by atoms with Crippen LogP contribution in [-0.4, -0.2) is 18.5 Å². The van der Waals surface area contributed by atoms with Crippen LogP contribution in [0.1, 0.15) is 43.0 Å². The number of carbonyl (C=O) groups is 1. The standard InChI is InChI=1S/C16H20F2N2O/c1-2-19-15-12(17)7-11(8-13(15)18)16(21)20-14(9-3-4-9)10-5-6-10/h7-10,14,19H,2-6H2,1H3,(H,20,21). The second-order valence-corrected chi connectivity index (χ2v) is 6.02. The highest BCUT2D eigenvalue weighted by atomic mass is 19.1. The Bertz CT molecular complexity index is 518. The van der Waals surface area contributed by atoms with Gasteiger partial charge >= 0.3 is 0 Å². The molecule has 2 aliphatic carbocycles. The van der Waals surface area contributed by atoms with E-state index in [-0.39, 0.29) is 23.2 Å². The van der Waals surface area contributed by atoms with Gasteiger partial charge in [0.05, 0.1) is 0 Å². The van der Waals surface area contributed by atoms with Gasteiger partial charge in [0.15, 0.2) is 0 Å². The maximum absolute atomic E-state index is 13.9. The molecule has 5 heteroatoms. The molecule has 1 aromatic carbocycles. The first-order valence-corrected chi connectivity index (χ1v) is 7.64. The van der Waals surface area contributed by atoms with Crippen LogP contribution in [0.25, 0.3) is 0 Å². The predicted molar refractivity (Wildman–Crippen MR) is 77.2 cm³/mol. The molecule has 114 valence electrons. The Hall–Kier alpha value is -1.65. The molecule has 2 fully saturated rings. The largest absolute Gasteiger partial charge is 0.381 e. The van der Waals surface area contributed by atoms with E-state index in [1.807, 2.05) is 0 Å². The van der Waals surface area contributed by atoms with E-state index in [2.05, 4.69) is 10.6 Å². The molecule has 1 amide bonds. The maximum Gasteiger partial charge on any atom is 0.251 e. The zero-order valence-electron chi connectivity index (χ0n) is 12.1. The van der Waals surface area contributed by atoms with Crippen molar-refractivity contribution in [3.8, 4) is 0 Å². The average molecular weight is 294 g/mol. The molecule has 0 aliphatic heterocycles. The number of halogens is 2. The molecule has 2 saturated carbocycles. The SMILES string of the molecule is CCNc1c(F)cc(C(=O)NC(C2CC2)C2CC2)cc1F. The molecule has 0 spiro atoms. The lowest BCUT2D eigenvalue weighted by atomic mass is 10.1. The van der Waals surface area contributed by atoms with Crippen molar-refractivity contribution in [2.24, 2.45) is 11.8 Å². The maximum atomic E-state index is 13.9. The van der Waals surface area contributed by atoms with Crippen molar-refractivity contribution in [3.63, 3.8) is 0 Å². The second kappa shape index (κ2) is 5.62. The van der Waals surface area contributed by atoms with Gasteiger partial charge in [0.1, 0.15) is 17.3 Å². The van der Waals surface area contributed by atoms with E-state index < -0.39 is 11.6 Å². The average Bonchev–Trinajstić information content (AvgIpc) is 3.32. The molecular formula is C16H20F2N2O. The van der Waals surface area contributed by atoms with Gasteiger partial charge in [0.25, 0.3) is 5.91 Å². The van der Waals surface area contributed by atoms with Crippen LogP contribution in [0.4, 0.5) is 14.5 Å². The van der Waals surface area contributed by atoms with E-state index in [1.165, 1.54) is 0 Å². The number of amides is 1. The molecule has 0 unspecified atom stereocenters. The molecule has 0 aromatic heterocycles. The molecule has 21 heavy (non-hydrogen) atoms. The van der Waals surface area contributed by atoms with Crippen LogP contribution in [-0.2, 0) is 0 Å². The third kappa shape index (κ3) is 3.17. The number of hydrogen-bond donors (Lipinski definition) is 2. The van der Waals surface area contributed by atoms with Crippen molar-refractivity contribution in [2.45, 2.75) is 38.6 Å². The molecule has 0 bridgehead atoms. The van der Waals surface area contributed by atoms with Crippen LogP contribution in [0, 0.1) is 23.5 Å². The van der Waals surface area contributed by atoms with E-state index in [9.17, 15) is 13.6 Å². The molecule has 1 aromatic rings. The van der Waals surface area contributed by atoms with E-state index in [0.717, 1.165) is 37.8 Å². The summed E-state index contributed by atoms with van der Waals surface area (Å²) < 4.78 is 27.7. The topological polar surface area (TPSA) is 41.1 Å². The van der Waals surface area contributed by atoms with E-state index >= 15 is 0 Å². The van der Waals surface area contributed by atoms with Gasteiger partial charge in [-0.2, -0.15) is 0 Å². The highest BCUT2D eigenvalue weighted by Gasteiger charge is 2.42. The van der Waals surface area contributed by atoms with Gasteiger partial charge in [-0.25, -0.2) is 8.78 Å². The lowest BCUT2D eigenvalue weighted by Crippen LogP contribution is -2.38. The minimum atomic E-state index is -0.726. The van der Waals surface area contributed by atoms with Gasteiger partial charge < -0.3 is 10.6 Å².